The van der Waals surface area contributed by atoms with Crippen LogP contribution in [0.4, 0.5) is 11.4 Å². The summed E-state index contributed by atoms with van der Waals surface area (Å²) in [5.41, 5.74) is 2.53. The predicted octanol–water partition coefficient (Wildman–Crippen LogP) is 4.32. The molecule has 1 amide bonds. The van der Waals surface area contributed by atoms with Crippen molar-refractivity contribution in [3.63, 3.8) is 0 Å². The van der Waals surface area contributed by atoms with Gasteiger partial charge in [0.2, 0.25) is 0 Å². The van der Waals surface area contributed by atoms with Crippen LogP contribution >= 0.6 is 15.9 Å². The molecule has 1 heterocycles. The second-order valence-electron chi connectivity index (χ2n) is 6.53. The summed E-state index contributed by atoms with van der Waals surface area (Å²) in [5.74, 6) is -0.115. The number of nitrogens with zero attached hydrogens (tertiary/aromatic N) is 1. The third-order valence-electron chi connectivity index (χ3n) is 4.17. The summed E-state index contributed by atoms with van der Waals surface area (Å²) in [6.45, 7) is 6.68. The number of anilines is 2. The number of halogens is 1. The fourth-order valence-electron chi connectivity index (χ4n) is 2.89. The van der Waals surface area contributed by atoms with Gasteiger partial charge in [-0.1, -0.05) is 22.0 Å². The fraction of sp³-hybridized carbons (Fsp3) is 0.316. The lowest BCUT2D eigenvalue weighted by Gasteiger charge is -2.43. The van der Waals surface area contributed by atoms with E-state index in [0.29, 0.717) is 12.2 Å². The van der Waals surface area contributed by atoms with Crippen LogP contribution < -0.4 is 10.2 Å². The van der Waals surface area contributed by atoms with E-state index in [2.05, 4.69) is 40.0 Å². The first-order chi connectivity index (χ1) is 11.5. The molecule has 5 heteroatoms. The molecule has 2 aromatic carbocycles. The molecule has 4 nitrogen and oxygen atoms in total. The van der Waals surface area contributed by atoms with Gasteiger partial charge in [0.05, 0.1) is 18.8 Å². The van der Waals surface area contributed by atoms with Crippen LogP contribution in [0.1, 0.15) is 24.2 Å². The Balaban J connectivity index is 1.72. The molecule has 1 aliphatic heterocycles. The SMILES string of the molecule is CC1(C)COCCN1c1ccc(NC(=O)c2cccc(Br)c2)cc1. The Bertz CT molecular complexity index is 728. The average Bonchev–Trinajstić information content (AvgIpc) is 2.55. The summed E-state index contributed by atoms with van der Waals surface area (Å²) in [6.07, 6.45) is 0. The maximum Gasteiger partial charge on any atom is 0.255 e. The zero-order valence-electron chi connectivity index (χ0n) is 13.9. The van der Waals surface area contributed by atoms with Gasteiger partial charge in [-0.05, 0) is 56.3 Å². The molecule has 0 aromatic heterocycles. The summed E-state index contributed by atoms with van der Waals surface area (Å²) in [7, 11) is 0. The van der Waals surface area contributed by atoms with Crippen LogP contribution in [-0.2, 0) is 4.74 Å². The van der Waals surface area contributed by atoms with E-state index in [-0.39, 0.29) is 11.4 Å². The van der Waals surface area contributed by atoms with E-state index in [1.54, 1.807) is 12.1 Å². The van der Waals surface area contributed by atoms with Crippen LogP contribution in [0.5, 0.6) is 0 Å². The quantitative estimate of drug-likeness (QED) is 0.851. The number of amides is 1. The van der Waals surface area contributed by atoms with Crippen LogP contribution in [0, 0.1) is 0 Å². The Morgan fingerprint density at radius 1 is 1.21 bits per heavy atom. The Morgan fingerprint density at radius 3 is 2.62 bits per heavy atom. The number of hydrogen-bond donors (Lipinski definition) is 1. The van der Waals surface area contributed by atoms with Crippen LogP contribution in [0.15, 0.2) is 53.0 Å². The highest BCUT2D eigenvalue weighted by atomic mass is 79.9. The third kappa shape index (κ3) is 3.79. The first-order valence-corrected chi connectivity index (χ1v) is 8.77. The van der Waals surface area contributed by atoms with E-state index in [0.717, 1.165) is 29.0 Å². The Labute approximate surface area is 150 Å². The van der Waals surface area contributed by atoms with E-state index in [1.165, 1.54) is 0 Å². The van der Waals surface area contributed by atoms with Crippen molar-refractivity contribution >= 4 is 33.2 Å². The molecule has 0 unspecified atom stereocenters. The minimum atomic E-state index is -0.115. The number of benzene rings is 2. The first-order valence-electron chi connectivity index (χ1n) is 7.98. The molecule has 3 rings (SSSR count). The topological polar surface area (TPSA) is 41.6 Å². The molecule has 0 atom stereocenters. The lowest BCUT2D eigenvalue weighted by molar-refractivity contribution is 0.0644. The average molecular weight is 389 g/mol. The van der Waals surface area contributed by atoms with Crippen molar-refractivity contribution in [2.75, 3.05) is 30.0 Å². The normalized spacial score (nSPS) is 16.7. The van der Waals surface area contributed by atoms with E-state index in [1.807, 2.05) is 36.4 Å². The van der Waals surface area contributed by atoms with Gasteiger partial charge >= 0.3 is 0 Å². The summed E-state index contributed by atoms with van der Waals surface area (Å²) < 4.78 is 6.46. The van der Waals surface area contributed by atoms with Gasteiger partial charge in [-0.3, -0.25) is 4.79 Å². The number of carbonyl (C=O) groups is 1. The van der Waals surface area contributed by atoms with Crippen LogP contribution in [-0.4, -0.2) is 31.2 Å². The van der Waals surface area contributed by atoms with Gasteiger partial charge in [0.15, 0.2) is 0 Å². The van der Waals surface area contributed by atoms with E-state index in [9.17, 15) is 4.79 Å². The van der Waals surface area contributed by atoms with Gasteiger partial charge in [-0.2, -0.15) is 0 Å². The van der Waals surface area contributed by atoms with Crippen LogP contribution in [0.3, 0.4) is 0 Å². The number of nitrogens with one attached hydrogen (secondary N) is 1. The van der Waals surface area contributed by atoms with E-state index >= 15 is 0 Å². The molecule has 2 aromatic rings. The van der Waals surface area contributed by atoms with Crippen molar-refractivity contribution in [3.8, 4) is 0 Å². The van der Waals surface area contributed by atoms with Crippen molar-refractivity contribution in [2.24, 2.45) is 0 Å². The molecule has 1 fully saturated rings. The summed E-state index contributed by atoms with van der Waals surface area (Å²) >= 11 is 3.38. The molecule has 0 aliphatic carbocycles. The summed E-state index contributed by atoms with van der Waals surface area (Å²) in [6, 6.07) is 15.3. The number of rotatable bonds is 3. The Hall–Kier alpha value is -1.85. The minimum absolute atomic E-state index is 0.0284. The van der Waals surface area contributed by atoms with Crippen molar-refractivity contribution in [1.82, 2.24) is 0 Å². The maximum atomic E-state index is 12.3. The number of morpholine rings is 1. The molecule has 0 bridgehead atoms. The molecule has 1 aliphatic rings. The molecule has 1 N–H and O–H groups in total. The monoisotopic (exact) mass is 388 g/mol. The van der Waals surface area contributed by atoms with Gasteiger partial charge in [0, 0.05) is 28.0 Å². The van der Waals surface area contributed by atoms with E-state index in [4.69, 9.17) is 4.74 Å². The van der Waals surface area contributed by atoms with Gasteiger partial charge in [-0.25, -0.2) is 0 Å². The van der Waals surface area contributed by atoms with Crippen molar-refractivity contribution in [2.45, 2.75) is 19.4 Å². The second-order valence-corrected chi connectivity index (χ2v) is 7.44. The van der Waals surface area contributed by atoms with Crippen molar-refractivity contribution in [3.05, 3.63) is 58.6 Å². The van der Waals surface area contributed by atoms with Gasteiger partial charge in [0.25, 0.3) is 5.91 Å². The molecule has 126 valence electrons. The first kappa shape index (κ1) is 17.0. The molecular formula is C19H21BrN2O2. The largest absolute Gasteiger partial charge is 0.377 e. The number of ether oxygens (including phenoxy) is 1. The van der Waals surface area contributed by atoms with Gasteiger partial charge in [0.1, 0.15) is 0 Å². The van der Waals surface area contributed by atoms with E-state index < -0.39 is 0 Å². The van der Waals surface area contributed by atoms with Crippen molar-refractivity contribution in [1.29, 1.82) is 0 Å². The minimum Gasteiger partial charge on any atom is -0.377 e. The van der Waals surface area contributed by atoms with Crippen LogP contribution in [0.2, 0.25) is 0 Å². The zero-order valence-corrected chi connectivity index (χ0v) is 15.5. The lowest BCUT2D eigenvalue weighted by atomic mass is 10.0. The molecule has 0 saturated carbocycles. The summed E-state index contributed by atoms with van der Waals surface area (Å²) in [5, 5.41) is 2.93. The highest BCUT2D eigenvalue weighted by Gasteiger charge is 2.30. The van der Waals surface area contributed by atoms with Gasteiger partial charge in [-0.15, -0.1) is 0 Å². The third-order valence-corrected chi connectivity index (χ3v) is 4.66. The fourth-order valence-corrected chi connectivity index (χ4v) is 3.29. The standard InChI is InChI=1S/C19H21BrN2O2/c1-19(2)13-24-11-10-22(19)17-8-6-16(7-9-17)21-18(23)14-4-3-5-15(20)12-14/h3-9,12H,10-11,13H2,1-2H3,(H,21,23). The molecule has 24 heavy (non-hydrogen) atoms. The summed E-state index contributed by atoms with van der Waals surface area (Å²) in [4.78, 5) is 14.6. The lowest BCUT2D eigenvalue weighted by Crippen LogP contribution is -2.53. The van der Waals surface area contributed by atoms with Gasteiger partial charge < -0.3 is 15.0 Å². The molecule has 0 radical (unpaired) electrons. The molecule has 0 spiro atoms. The zero-order chi connectivity index (χ0) is 17.2. The Kier molecular flexibility index (Phi) is 4.92. The smallest absolute Gasteiger partial charge is 0.255 e. The predicted molar refractivity (Wildman–Crippen MR) is 101 cm³/mol. The maximum absolute atomic E-state index is 12.3. The van der Waals surface area contributed by atoms with Crippen molar-refractivity contribution < 1.29 is 9.53 Å². The molecular weight excluding hydrogens is 368 g/mol. The second kappa shape index (κ2) is 6.95. The molecule has 1 saturated heterocycles. The van der Waals surface area contributed by atoms with Crippen LogP contribution in [0.25, 0.3) is 0 Å². The highest BCUT2D eigenvalue weighted by Crippen LogP contribution is 2.28. The number of carbonyl (C=O) groups excluding carboxylic acids is 1. The number of hydrogen-bond acceptors (Lipinski definition) is 3. The Morgan fingerprint density at radius 2 is 1.96 bits per heavy atom. The highest BCUT2D eigenvalue weighted by molar-refractivity contribution is 9.10.